The second-order valence-corrected chi connectivity index (χ2v) is 5.24. The Morgan fingerprint density at radius 1 is 1.53 bits per heavy atom. The monoisotopic (exact) mass is 234 g/mol. The fourth-order valence-corrected chi connectivity index (χ4v) is 2.96. The minimum atomic E-state index is 0.0321. The van der Waals surface area contributed by atoms with Crippen LogP contribution >= 0.6 is 0 Å². The fourth-order valence-electron chi connectivity index (χ4n) is 2.96. The highest BCUT2D eigenvalue weighted by molar-refractivity contribution is 5.79. The molecule has 1 fully saturated rings. The van der Waals surface area contributed by atoms with Crippen LogP contribution in [-0.4, -0.2) is 40.2 Å². The predicted octanol–water partition coefficient (Wildman–Crippen LogP) is 0.225. The van der Waals surface area contributed by atoms with Crippen LogP contribution in [0.1, 0.15) is 19.0 Å². The molecule has 0 saturated carbocycles. The van der Waals surface area contributed by atoms with Gasteiger partial charge in [-0.05, 0) is 12.6 Å². The van der Waals surface area contributed by atoms with Crippen LogP contribution < -0.4 is 5.32 Å². The van der Waals surface area contributed by atoms with Crippen LogP contribution in [0.15, 0.2) is 12.3 Å². The van der Waals surface area contributed by atoms with Crippen molar-refractivity contribution in [2.45, 2.75) is 26.4 Å². The van der Waals surface area contributed by atoms with Crippen LogP contribution in [0.2, 0.25) is 0 Å². The molecule has 1 aromatic rings. The van der Waals surface area contributed by atoms with Gasteiger partial charge in [0.25, 0.3) is 0 Å². The quantitative estimate of drug-likeness (QED) is 0.756. The molecule has 3 rings (SSSR count). The van der Waals surface area contributed by atoms with E-state index in [1.807, 2.05) is 6.20 Å². The molecular formula is C12H18N4O. The molecule has 0 aromatic carbocycles. The number of hydrogen-bond acceptors (Lipinski definition) is 3. The molecule has 0 bridgehead atoms. The molecule has 0 aliphatic carbocycles. The maximum absolute atomic E-state index is 11.5. The Morgan fingerprint density at radius 2 is 2.41 bits per heavy atom. The van der Waals surface area contributed by atoms with E-state index in [1.165, 1.54) is 5.69 Å². The summed E-state index contributed by atoms with van der Waals surface area (Å²) in [7, 11) is 0. The topological polar surface area (TPSA) is 50.2 Å². The summed E-state index contributed by atoms with van der Waals surface area (Å²) in [6.07, 6.45) is 2.48. The van der Waals surface area contributed by atoms with Crippen molar-refractivity contribution in [3.63, 3.8) is 0 Å². The van der Waals surface area contributed by atoms with E-state index in [1.54, 1.807) is 0 Å². The molecule has 3 heterocycles. The summed E-state index contributed by atoms with van der Waals surface area (Å²) < 4.78 is 2.07. The lowest BCUT2D eigenvalue weighted by atomic mass is 9.86. The van der Waals surface area contributed by atoms with E-state index in [4.69, 9.17) is 0 Å². The Labute approximate surface area is 101 Å². The van der Waals surface area contributed by atoms with Crippen molar-refractivity contribution in [1.82, 2.24) is 20.0 Å². The van der Waals surface area contributed by atoms with Crippen molar-refractivity contribution < 1.29 is 4.79 Å². The van der Waals surface area contributed by atoms with Crippen LogP contribution in [0, 0.1) is 5.41 Å². The minimum absolute atomic E-state index is 0.0321. The molecule has 5 heteroatoms. The van der Waals surface area contributed by atoms with E-state index in [0.717, 1.165) is 32.7 Å². The summed E-state index contributed by atoms with van der Waals surface area (Å²) in [5.41, 5.74) is 1.28. The first-order chi connectivity index (χ1) is 8.21. The highest BCUT2D eigenvalue weighted by atomic mass is 16.1. The maximum Gasteiger partial charge on any atom is 0.220 e. The lowest BCUT2D eigenvalue weighted by Gasteiger charge is -2.30. The van der Waals surface area contributed by atoms with Crippen molar-refractivity contribution in [1.29, 1.82) is 0 Å². The van der Waals surface area contributed by atoms with E-state index < -0.39 is 0 Å². The van der Waals surface area contributed by atoms with Crippen LogP contribution in [-0.2, 0) is 17.9 Å². The zero-order chi connectivity index (χ0) is 11.9. The molecule has 1 saturated heterocycles. The number of amides is 1. The van der Waals surface area contributed by atoms with Gasteiger partial charge < -0.3 is 5.32 Å². The largest absolute Gasteiger partial charge is 0.355 e. The van der Waals surface area contributed by atoms with Crippen molar-refractivity contribution in [2.75, 3.05) is 19.6 Å². The maximum atomic E-state index is 11.5. The Morgan fingerprint density at radius 3 is 3.12 bits per heavy atom. The standard InChI is InChI=1S/C12H18N4O/c1-2-15-6-10-3-4-14-16(10)9-12(8-15)5-11(17)13-7-12/h3-4H,2,5-9H2,1H3,(H,13,17). The first-order valence-corrected chi connectivity index (χ1v) is 6.20. The van der Waals surface area contributed by atoms with Gasteiger partial charge >= 0.3 is 0 Å². The van der Waals surface area contributed by atoms with Gasteiger partial charge in [-0.1, -0.05) is 6.92 Å². The van der Waals surface area contributed by atoms with E-state index in [0.29, 0.717) is 6.42 Å². The molecule has 92 valence electrons. The van der Waals surface area contributed by atoms with Gasteiger partial charge in [0.1, 0.15) is 0 Å². The van der Waals surface area contributed by atoms with Crippen LogP contribution in [0.3, 0.4) is 0 Å². The molecule has 1 aromatic heterocycles. The Balaban J connectivity index is 1.94. The van der Waals surface area contributed by atoms with Gasteiger partial charge in [0.05, 0.1) is 12.2 Å². The fraction of sp³-hybridized carbons (Fsp3) is 0.667. The Hall–Kier alpha value is -1.36. The molecule has 2 aliphatic rings. The normalized spacial score (nSPS) is 29.1. The van der Waals surface area contributed by atoms with Crippen molar-refractivity contribution >= 4 is 5.91 Å². The van der Waals surface area contributed by atoms with Crippen LogP contribution in [0.5, 0.6) is 0 Å². The number of carbonyl (C=O) groups is 1. The second kappa shape index (κ2) is 3.84. The Kier molecular flexibility index (Phi) is 2.43. The minimum Gasteiger partial charge on any atom is -0.355 e. The molecule has 5 nitrogen and oxygen atoms in total. The van der Waals surface area contributed by atoms with Gasteiger partial charge in [-0.3, -0.25) is 14.4 Å². The predicted molar refractivity (Wildman–Crippen MR) is 63.2 cm³/mol. The summed E-state index contributed by atoms with van der Waals surface area (Å²) in [5, 5.41) is 7.35. The second-order valence-electron chi connectivity index (χ2n) is 5.24. The van der Waals surface area contributed by atoms with Gasteiger partial charge in [-0.15, -0.1) is 0 Å². The Bertz CT molecular complexity index is 441. The number of carbonyl (C=O) groups excluding carboxylic acids is 1. The average molecular weight is 234 g/mol. The number of aromatic nitrogens is 2. The molecule has 2 aliphatic heterocycles. The molecule has 1 unspecified atom stereocenters. The van der Waals surface area contributed by atoms with Gasteiger partial charge in [0.15, 0.2) is 0 Å². The summed E-state index contributed by atoms with van der Waals surface area (Å²) in [6.45, 7) is 6.73. The van der Waals surface area contributed by atoms with E-state index in [-0.39, 0.29) is 11.3 Å². The third-order valence-corrected chi connectivity index (χ3v) is 3.88. The number of rotatable bonds is 1. The van der Waals surface area contributed by atoms with Crippen molar-refractivity contribution in [3.05, 3.63) is 18.0 Å². The number of fused-ring (bicyclic) bond motifs is 1. The first-order valence-electron chi connectivity index (χ1n) is 6.20. The molecule has 1 atom stereocenters. The third-order valence-electron chi connectivity index (χ3n) is 3.88. The highest BCUT2D eigenvalue weighted by Gasteiger charge is 2.42. The molecule has 1 N–H and O–H groups in total. The average Bonchev–Trinajstić information content (AvgIpc) is 2.83. The number of nitrogens with one attached hydrogen (secondary N) is 1. The number of hydrogen-bond donors (Lipinski definition) is 1. The van der Waals surface area contributed by atoms with E-state index in [2.05, 4.69) is 33.0 Å². The first kappa shape index (κ1) is 10.8. The molecule has 1 spiro atoms. The highest BCUT2D eigenvalue weighted by Crippen LogP contribution is 2.32. The van der Waals surface area contributed by atoms with Gasteiger partial charge in [0, 0.05) is 37.7 Å². The molecule has 0 radical (unpaired) electrons. The van der Waals surface area contributed by atoms with Gasteiger partial charge in [0.2, 0.25) is 5.91 Å². The zero-order valence-electron chi connectivity index (χ0n) is 10.1. The molecular weight excluding hydrogens is 216 g/mol. The van der Waals surface area contributed by atoms with Crippen LogP contribution in [0.4, 0.5) is 0 Å². The van der Waals surface area contributed by atoms with Crippen LogP contribution in [0.25, 0.3) is 0 Å². The van der Waals surface area contributed by atoms with E-state index in [9.17, 15) is 4.79 Å². The SMILES string of the molecule is CCN1Cc2ccnn2CC2(CNC(=O)C2)C1. The summed E-state index contributed by atoms with van der Waals surface area (Å²) in [6, 6.07) is 2.08. The van der Waals surface area contributed by atoms with Crippen molar-refractivity contribution in [2.24, 2.45) is 5.41 Å². The third kappa shape index (κ3) is 1.84. The van der Waals surface area contributed by atoms with Gasteiger partial charge in [-0.2, -0.15) is 5.10 Å². The number of nitrogens with zero attached hydrogens (tertiary/aromatic N) is 3. The summed E-state index contributed by atoms with van der Waals surface area (Å²) >= 11 is 0. The summed E-state index contributed by atoms with van der Waals surface area (Å²) in [4.78, 5) is 13.9. The lowest BCUT2D eigenvalue weighted by Crippen LogP contribution is -2.39. The zero-order valence-corrected chi connectivity index (χ0v) is 10.1. The molecule has 1 amide bonds. The summed E-state index contributed by atoms with van der Waals surface area (Å²) in [5.74, 6) is 0.177. The lowest BCUT2D eigenvalue weighted by molar-refractivity contribution is -0.119. The van der Waals surface area contributed by atoms with Crippen molar-refractivity contribution in [3.8, 4) is 0 Å². The smallest absolute Gasteiger partial charge is 0.220 e. The molecule has 17 heavy (non-hydrogen) atoms. The van der Waals surface area contributed by atoms with Gasteiger partial charge in [-0.25, -0.2) is 0 Å². The van der Waals surface area contributed by atoms with E-state index >= 15 is 0 Å².